The molecule has 4 nitrogen and oxygen atoms in total. The van der Waals surface area contributed by atoms with Crippen molar-refractivity contribution in [1.82, 2.24) is 0 Å². The van der Waals surface area contributed by atoms with Crippen LogP contribution >= 0.6 is 0 Å². The number of rotatable bonds is 4. The third-order valence-electron chi connectivity index (χ3n) is 6.31. The molecule has 0 unspecified atom stereocenters. The molecule has 1 N–H and O–H groups in total. The molecule has 2 aromatic carbocycles. The topological polar surface area (TPSA) is 56.1 Å². The van der Waals surface area contributed by atoms with Crippen LogP contribution in [0, 0.1) is 18.3 Å². The van der Waals surface area contributed by atoms with Crippen LogP contribution in [0.2, 0.25) is 0 Å². The number of nitrogens with zero attached hydrogens (tertiary/aromatic N) is 2. The number of amides is 1. The van der Waals surface area contributed by atoms with Crippen LogP contribution < -0.4 is 10.2 Å². The van der Waals surface area contributed by atoms with Gasteiger partial charge in [0.25, 0.3) is 5.91 Å². The molecule has 156 valence electrons. The zero-order valence-corrected chi connectivity index (χ0v) is 18.8. The van der Waals surface area contributed by atoms with Crippen molar-refractivity contribution in [2.24, 2.45) is 0 Å². The van der Waals surface area contributed by atoms with Gasteiger partial charge in [0, 0.05) is 24.0 Å². The van der Waals surface area contributed by atoms with E-state index in [4.69, 9.17) is 0 Å². The monoisotopic (exact) mass is 401 g/mol. The Hall–Kier alpha value is -3.06. The van der Waals surface area contributed by atoms with E-state index in [1.165, 1.54) is 16.8 Å². The van der Waals surface area contributed by atoms with Crippen LogP contribution in [0.5, 0.6) is 0 Å². The molecule has 4 heteroatoms. The number of nitriles is 1. The van der Waals surface area contributed by atoms with Crippen LogP contribution in [0.4, 0.5) is 11.4 Å². The summed E-state index contributed by atoms with van der Waals surface area (Å²) in [7, 11) is 2.14. The fourth-order valence-electron chi connectivity index (χ4n) is 4.22. The first-order chi connectivity index (χ1) is 14.2. The van der Waals surface area contributed by atoms with Crippen LogP contribution in [0.1, 0.15) is 62.3 Å². The Morgan fingerprint density at radius 2 is 1.97 bits per heavy atom. The van der Waals surface area contributed by atoms with Crippen LogP contribution in [0.25, 0.3) is 6.08 Å². The smallest absolute Gasteiger partial charge is 0.266 e. The van der Waals surface area contributed by atoms with Gasteiger partial charge in [-0.3, -0.25) is 4.79 Å². The molecule has 1 amide bonds. The second-order valence-electron chi connectivity index (χ2n) is 8.92. The highest BCUT2D eigenvalue weighted by atomic mass is 16.1. The van der Waals surface area contributed by atoms with E-state index >= 15 is 0 Å². The van der Waals surface area contributed by atoms with Crippen LogP contribution in [0.3, 0.4) is 0 Å². The van der Waals surface area contributed by atoms with E-state index in [1.807, 2.05) is 31.2 Å². The fourth-order valence-corrected chi connectivity index (χ4v) is 4.22. The molecule has 1 atom stereocenters. The number of carbonyl (C=O) groups is 1. The van der Waals surface area contributed by atoms with Crippen LogP contribution in [-0.4, -0.2) is 18.5 Å². The van der Waals surface area contributed by atoms with Gasteiger partial charge in [-0.15, -0.1) is 0 Å². The molecule has 1 heterocycles. The molecule has 0 saturated carbocycles. The van der Waals surface area contributed by atoms with Gasteiger partial charge in [0.2, 0.25) is 0 Å². The van der Waals surface area contributed by atoms with E-state index in [-0.39, 0.29) is 17.0 Å². The number of nitrogens with one attached hydrogen (secondary N) is 1. The Morgan fingerprint density at radius 3 is 2.57 bits per heavy atom. The molecule has 0 fully saturated rings. The number of anilines is 2. The first-order valence-corrected chi connectivity index (χ1v) is 10.6. The molecule has 0 radical (unpaired) electrons. The summed E-state index contributed by atoms with van der Waals surface area (Å²) in [5, 5.41) is 12.5. The summed E-state index contributed by atoms with van der Waals surface area (Å²) in [4.78, 5) is 15.0. The molecule has 3 rings (SSSR count). The number of aryl methyl sites for hydroxylation is 2. The number of fused-ring (bicyclic) bond motifs is 1. The molecule has 1 aliphatic rings. The molecular weight excluding hydrogens is 370 g/mol. The Balaban J connectivity index is 1.91. The number of benzene rings is 2. The maximum Gasteiger partial charge on any atom is 0.266 e. The zero-order chi connectivity index (χ0) is 22.1. The molecule has 0 spiro atoms. The van der Waals surface area contributed by atoms with Crippen molar-refractivity contribution >= 4 is 23.4 Å². The Kier molecular flexibility index (Phi) is 6.03. The lowest BCUT2D eigenvalue weighted by Crippen LogP contribution is -2.45. The normalized spacial score (nSPS) is 17.8. The maximum atomic E-state index is 12.7. The lowest BCUT2D eigenvalue weighted by molar-refractivity contribution is -0.112. The summed E-state index contributed by atoms with van der Waals surface area (Å²) in [6, 6.07) is 14.1. The third kappa shape index (κ3) is 4.26. The van der Waals surface area contributed by atoms with Crippen molar-refractivity contribution in [2.75, 3.05) is 17.3 Å². The van der Waals surface area contributed by atoms with Crippen molar-refractivity contribution in [3.05, 3.63) is 64.2 Å². The first kappa shape index (κ1) is 21.6. The summed E-state index contributed by atoms with van der Waals surface area (Å²) < 4.78 is 0. The van der Waals surface area contributed by atoms with Crippen LogP contribution in [0.15, 0.2) is 42.0 Å². The Morgan fingerprint density at radius 1 is 1.30 bits per heavy atom. The van der Waals surface area contributed by atoms with Crippen molar-refractivity contribution < 1.29 is 4.79 Å². The van der Waals surface area contributed by atoms with Gasteiger partial charge in [-0.1, -0.05) is 26.0 Å². The maximum absolute atomic E-state index is 12.7. The summed E-state index contributed by atoms with van der Waals surface area (Å²) in [5.41, 5.74) is 6.57. The van der Waals surface area contributed by atoms with Gasteiger partial charge in [-0.25, -0.2) is 0 Å². The number of carbonyl (C=O) groups excluding carboxylic acids is 1. The molecule has 2 aromatic rings. The van der Waals surface area contributed by atoms with E-state index in [9.17, 15) is 10.1 Å². The minimum atomic E-state index is -0.384. The molecular formula is C26H31N3O. The molecule has 0 bridgehead atoms. The summed E-state index contributed by atoms with van der Waals surface area (Å²) in [5.74, 6) is 0.0283. The van der Waals surface area contributed by atoms with Gasteiger partial charge in [-0.05, 0) is 92.1 Å². The number of hydrogen-bond donors (Lipinski definition) is 1. The van der Waals surface area contributed by atoms with E-state index in [0.29, 0.717) is 11.6 Å². The van der Waals surface area contributed by atoms with Gasteiger partial charge < -0.3 is 10.2 Å². The number of hydrogen-bond acceptors (Lipinski definition) is 3. The molecule has 0 aromatic heterocycles. The molecule has 0 aliphatic carbocycles. The van der Waals surface area contributed by atoms with Gasteiger partial charge in [-0.2, -0.15) is 5.26 Å². The summed E-state index contributed by atoms with van der Waals surface area (Å²) >= 11 is 0. The highest BCUT2D eigenvalue weighted by Gasteiger charge is 2.34. The minimum absolute atomic E-state index is 0.0985. The predicted octanol–water partition coefficient (Wildman–Crippen LogP) is 5.83. The molecule has 30 heavy (non-hydrogen) atoms. The summed E-state index contributed by atoms with van der Waals surface area (Å²) in [6.45, 7) is 10.9. The first-order valence-electron chi connectivity index (χ1n) is 10.6. The minimum Gasteiger partial charge on any atom is -0.369 e. The zero-order valence-electron chi connectivity index (χ0n) is 18.8. The van der Waals surface area contributed by atoms with E-state index in [0.717, 1.165) is 24.0 Å². The lowest BCUT2D eigenvalue weighted by Gasteiger charge is -2.45. The van der Waals surface area contributed by atoms with Crippen molar-refractivity contribution in [2.45, 2.75) is 58.9 Å². The second kappa shape index (κ2) is 8.36. The van der Waals surface area contributed by atoms with Gasteiger partial charge >= 0.3 is 0 Å². The average molecular weight is 402 g/mol. The molecule has 0 saturated heterocycles. The highest BCUT2D eigenvalue weighted by Crippen LogP contribution is 2.43. The van der Waals surface area contributed by atoms with E-state index in [1.54, 1.807) is 6.08 Å². The SMILES string of the molecule is CCc1ccc(NC(=O)/C(C#N)=C\c2cc3c(cc2C)N(C)C(C)(C)C[C@H]3C)cc1. The Labute approximate surface area is 180 Å². The van der Waals surface area contributed by atoms with Gasteiger partial charge in [0.1, 0.15) is 11.6 Å². The average Bonchev–Trinajstić information content (AvgIpc) is 2.71. The van der Waals surface area contributed by atoms with Gasteiger partial charge in [0.05, 0.1) is 0 Å². The summed E-state index contributed by atoms with van der Waals surface area (Å²) in [6.07, 6.45) is 3.71. The largest absolute Gasteiger partial charge is 0.369 e. The second-order valence-corrected chi connectivity index (χ2v) is 8.92. The predicted molar refractivity (Wildman–Crippen MR) is 125 cm³/mol. The highest BCUT2D eigenvalue weighted by molar-refractivity contribution is 6.09. The standard InChI is InChI=1S/C26H31N3O/c1-7-19-8-10-22(11-9-19)28-25(30)21(16-27)13-20-14-23-18(3)15-26(4,5)29(6)24(23)12-17(20)2/h8-14,18H,7,15H2,1-6H3,(H,28,30)/b21-13-/t18-/m1/s1. The third-order valence-corrected chi connectivity index (χ3v) is 6.31. The fraction of sp³-hybridized carbons (Fsp3) is 0.385. The van der Waals surface area contributed by atoms with Crippen molar-refractivity contribution in [3.63, 3.8) is 0 Å². The lowest BCUT2D eigenvalue weighted by atomic mass is 9.79. The quantitative estimate of drug-likeness (QED) is 0.518. The van der Waals surface area contributed by atoms with Crippen molar-refractivity contribution in [1.29, 1.82) is 5.26 Å². The van der Waals surface area contributed by atoms with E-state index in [2.05, 4.69) is 63.2 Å². The Bertz CT molecular complexity index is 1030. The van der Waals surface area contributed by atoms with Gasteiger partial charge in [0.15, 0.2) is 0 Å². The van der Waals surface area contributed by atoms with E-state index < -0.39 is 0 Å². The molecule has 1 aliphatic heterocycles. The van der Waals surface area contributed by atoms with Crippen molar-refractivity contribution in [3.8, 4) is 6.07 Å². The van der Waals surface area contributed by atoms with Crippen LogP contribution in [-0.2, 0) is 11.2 Å².